The van der Waals surface area contributed by atoms with E-state index in [4.69, 9.17) is 5.73 Å². The molecule has 4 heteroatoms. The van der Waals surface area contributed by atoms with Gasteiger partial charge < -0.3 is 5.73 Å². The Morgan fingerprint density at radius 2 is 1.70 bits per heavy atom. The molecule has 20 heavy (non-hydrogen) atoms. The molecule has 1 unspecified atom stereocenters. The second-order valence-electron chi connectivity index (χ2n) is 6.51. The van der Waals surface area contributed by atoms with E-state index in [9.17, 15) is 8.42 Å². The van der Waals surface area contributed by atoms with Gasteiger partial charge in [-0.2, -0.15) is 0 Å². The Morgan fingerprint density at radius 3 is 2.15 bits per heavy atom. The Bertz CT molecular complexity index is 512. The second-order valence-corrected chi connectivity index (χ2v) is 9.37. The van der Waals surface area contributed by atoms with E-state index in [0.717, 1.165) is 6.42 Å². The highest BCUT2D eigenvalue weighted by molar-refractivity contribution is 7.92. The summed E-state index contributed by atoms with van der Waals surface area (Å²) in [5, 5.41) is 0. The van der Waals surface area contributed by atoms with Crippen LogP contribution in [0, 0.1) is 12.8 Å². The van der Waals surface area contributed by atoms with Crippen LogP contribution >= 0.6 is 0 Å². The van der Waals surface area contributed by atoms with Gasteiger partial charge in [0.15, 0.2) is 9.84 Å². The average Bonchev–Trinajstić information content (AvgIpc) is 2.35. The lowest BCUT2D eigenvalue weighted by atomic mass is 9.96. The molecule has 2 N–H and O–H groups in total. The third-order valence-corrected chi connectivity index (χ3v) is 6.35. The molecule has 0 fully saturated rings. The van der Waals surface area contributed by atoms with Gasteiger partial charge in [-0.3, -0.25) is 0 Å². The van der Waals surface area contributed by atoms with Gasteiger partial charge in [-0.1, -0.05) is 29.8 Å². The molecule has 1 aromatic carbocycles. The zero-order valence-electron chi connectivity index (χ0n) is 13.0. The molecule has 0 saturated carbocycles. The zero-order chi connectivity index (χ0) is 15.4. The van der Waals surface area contributed by atoms with E-state index >= 15 is 0 Å². The van der Waals surface area contributed by atoms with Crippen molar-refractivity contribution in [2.75, 3.05) is 12.3 Å². The standard InChI is InChI=1S/C16H27NO2S/c1-13-5-7-14(8-6-13)11-15(12-17)9-10-20(18,19)16(2,3)4/h5-8,15H,9-12,17H2,1-4H3. The molecule has 0 saturated heterocycles. The molecule has 0 aliphatic rings. The summed E-state index contributed by atoms with van der Waals surface area (Å²) in [6, 6.07) is 8.34. The molecule has 0 amide bonds. The van der Waals surface area contributed by atoms with Crippen LogP contribution < -0.4 is 5.73 Å². The maximum atomic E-state index is 12.1. The summed E-state index contributed by atoms with van der Waals surface area (Å²) in [6.07, 6.45) is 1.47. The van der Waals surface area contributed by atoms with Crippen LogP contribution in [0.3, 0.4) is 0 Å². The first-order chi connectivity index (χ1) is 9.15. The summed E-state index contributed by atoms with van der Waals surface area (Å²) >= 11 is 0. The fraction of sp³-hybridized carbons (Fsp3) is 0.625. The van der Waals surface area contributed by atoms with Crippen molar-refractivity contribution in [3.8, 4) is 0 Å². The molecule has 114 valence electrons. The Kier molecular flexibility index (Phi) is 5.78. The minimum absolute atomic E-state index is 0.213. The first-order valence-electron chi connectivity index (χ1n) is 7.13. The fourth-order valence-corrected chi connectivity index (χ4v) is 3.24. The predicted octanol–water partition coefficient (Wildman–Crippen LogP) is 2.72. The third-order valence-electron chi connectivity index (χ3n) is 3.71. The first kappa shape index (κ1) is 17.2. The lowest BCUT2D eigenvalue weighted by molar-refractivity contribution is 0.503. The number of sulfone groups is 1. The molecule has 0 radical (unpaired) electrons. The molecule has 1 atom stereocenters. The van der Waals surface area contributed by atoms with Crippen LogP contribution in [-0.2, 0) is 16.3 Å². The van der Waals surface area contributed by atoms with Gasteiger partial charge >= 0.3 is 0 Å². The highest BCUT2D eigenvalue weighted by Gasteiger charge is 2.29. The molecule has 0 bridgehead atoms. The molecule has 0 aliphatic heterocycles. The smallest absolute Gasteiger partial charge is 0.155 e. The molecule has 1 rings (SSSR count). The molecule has 3 nitrogen and oxygen atoms in total. The SMILES string of the molecule is Cc1ccc(CC(CN)CCS(=O)(=O)C(C)(C)C)cc1. The molecule has 0 aromatic heterocycles. The van der Waals surface area contributed by atoms with E-state index in [1.807, 2.05) is 0 Å². The molecule has 0 spiro atoms. The maximum Gasteiger partial charge on any atom is 0.155 e. The minimum atomic E-state index is -3.06. The summed E-state index contributed by atoms with van der Waals surface area (Å²) in [7, 11) is -3.06. The van der Waals surface area contributed by atoms with Crippen molar-refractivity contribution in [2.45, 2.75) is 45.3 Å². The largest absolute Gasteiger partial charge is 0.330 e. The summed E-state index contributed by atoms with van der Waals surface area (Å²) in [5.41, 5.74) is 8.25. The molecular formula is C16H27NO2S. The predicted molar refractivity (Wildman–Crippen MR) is 85.6 cm³/mol. The first-order valence-corrected chi connectivity index (χ1v) is 8.79. The summed E-state index contributed by atoms with van der Waals surface area (Å²) < 4.78 is 23.6. The topological polar surface area (TPSA) is 60.2 Å². The van der Waals surface area contributed by atoms with Gasteiger partial charge in [0.1, 0.15) is 0 Å². The van der Waals surface area contributed by atoms with Crippen molar-refractivity contribution in [1.29, 1.82) is 0 Å². The van der Waals surface area contributed by atoms with Crippen LogP contribution in [0.1, 0.15) is 38.3 Å². The summed E-state index contributed by atoms with van der Waals surface area (Å²) in [5.74, 6) is 0.430. The summed E-state index contributed by atoms with van der Waals surface area (Å²) in [6.45, 7) is 7.83. The Morgan fingerprint density at radius 1 is 1.15 bits per heavy atom. The maximum absolute atomic E-state index is 12.1. The second kappa shape index (κ2) is 6.72. The number of aryl methyl sites for hydroxylation is 1. The van der Waals surface area contributed by atoms with Crippen molar-refractivity contribution < 1.29 is 8.42 Å². The van der Waals surface area contributed by atoms with Crippen LogP contribution in [0.4, 0.5) is 0 Å². The number of hydrogen-bond acceptors (Lipinski definition) is 3. The fourth-order valence-electron chi connectivity index (χ4n) is 1.99. The Labute approximate surface area is 123 Å². The number of hydrogen-bond donors (Lipinski definition) is 1. The van der Waals surface area contributed by atoms with Gasteiger partial charge in [0.25, 0.3) is 0 Å². The molecule has 0 aliphatic carbocycles. The van der Waals surface area contributed by atoms with Gasteiger partial charge in [0.2, 0.25) is 0 Å². The van der Waals surface area contributed by atoms with E-state index in [1.165, 1.54) is 11.1 Å². The van der Waals surface area contributed by atoms with Crippen LogP contribution in [0.25, 0.3) is 0 Å². The van der Waals surface area contributed by atoms with Crippen LogP contribution in [0.15, 0.2) is 24.3 Å². The van der Waals surface area contributed by atoms with Crippen molar-refractivity contribution in [1.82, 2.24) is 0 Å². The van der Waals surface area contributed by atoms with E-state index in [2.05, 4.69) is 31.2 Å². The zero-order valence-corrected chi connectivity index (χ0v) is 13.8. The van der Waals surface area contributed by atoms with Crippen LogP contribution in [0.2, 0.25) is 0 Å². The lowest BCUT2D eigenvalue weighted by Crippen LogP contribution is -2.32. The van der Waals surface area contributed by atoms with Gasteiger partial charge in [-0.15, -0.1) is 0 Å². The normalized spacial score (nSPS) is 14.2. The van der Waals surface area contributed by atoms with E-state index in [0.29, 0.717) is 13.0 Å². The minimum Gasteiger partial charge on any atom is -0.330 e. The molecular weight excluding hydrogens is 270 g/mol. The van der Waals surface area contributed by atoms with Crippen molar-refractivity contribution in [3.63, 3.8) is 0 Å². The number of nitrogens with two attached hydrogens (primary N) is 1. The van der Waals surface area contributed by atoms with Gasteiger partial charge in [-0.25, -0.2) is 8.42 Å². The monoisotopic (exact) mass is 297 g/mol. The Balaban J connectivity index is 2.63. The lowest BCUT2D eigenvalue weighted by Gasteiger charge is -2.21. The van der Waals surface area contributed by atoms with E-state index in [1.54, 1.807) is 20.8 Å². The van der Waals surface area contributed by atoms with Crippen molar-refractivity contribution in [2.24, 2.45) is 11.7 Å². The van der Waals surface area contributed by atoms with Crippen molar-refractivity contribution >= 4 is 9.84 Å². The number of benzene rings is 1. The van der Waals surface area contributed by atoms with Crippen LogP contribution in [-0.4, -0.2) is 25.5 Å². The number of rotatable bonds is 6. The van der Waals surface area contributed by atoms with E-state index < -0.39 is 14.6 Å². The highest BCUT2D eigenvalue weighted by atomic mass is 32.2. The highest BCUT2D eigenvalue weighted by Crippen LogP contribution is 2.20. The van der Waals surface area contributed by atoms with Crippen LogP contribution in [0.5, 0.6) is 0 Å². The molecule has 0 heterocycles. The van der Waals surface area contributed by atoms with Gasteiger partial charge in [0.05, 0.1) is 10.5 Å². The van der Waals surface area contributed by atoms with E-state index in [-0.39, 0.29) is 11.7 Å². The van der Waals surface area contributed by atoms with Gasteiger partial charge in [0, 0.05) is 0 Å². The average molecular weight is 297 g/mol. The third kappa shape index (κ3) is 4.91. The quantitative estimate of drug-likeness (QED) is 0.878. The van der Waals surface area contributed by atoms with Crippen molar-refractivity contribution in [3.05, 3.63) is 35.4 Å². The Hall–Kier alpha value is -0.870. The van der Waals surface area contributed by atoms with Gasteiger partial charge in [-0.05, 0) is 58.6 Å². The molecule has 1 aromatic rings. The summed E-state index contributed by atoms with van der Waals surface area (Å²) in [4.78, 5) is 0.